The van der Waals surface area contributed by atoms with Gasteiger partial charge in [-0.2, -0.15) is 0 Å². The topological polar surface area (TPSA) is 72.7 Å². The van der Waals surface area contributed by atoms with Gasteiger partial charge >= 0.3 is 5.97 Å². The molecule has 0 atom stereocenters. The molecule has 2 heterocycles. The molecule has 0 amide bonds. The van der Waals surface area contributed by atoms with Crippen LogP contribution in [0, 0.1) is 10.1 Å². The molecular formula is C20H18N2O4. The monoisotopic (exact) mass is 350 g/mol. The van der Waals surface area contributed by atoms with Crippen LogP contribution in [0.4, 0.5) is 11.4 Å². The van der Waals surface area contributed by atoms with Crippen LogP contribution < -0.4 is 9.64 Å². The molecule has 0 bridgehead atoms. The Kier molecular flexibility index (Phi) is 4.16. The normalized spacial score (nSPS) is 17.9. The van der Waals surface area contributed by atoms with Crippen molar-refractivity contribution < 1.29 is 14.5 Å². The number of nitro benzene ring substituents is 1. The number of carbonyl (C=O) groups excluding carboxylic acids is 1. The zero-order valence-corrected chi connectivity index (χ0v) is 14.2. The number of esters is 1. The first-order valence-electron chi connectivity index (χ1n) is 8.70. The van der Waals surface area contributed by atoms with Crippen molar-refractivity contribution in [3.05, 3.63) is 63.7 Å². The lowest BCUT2D eigenvalue weighted by Gasteiger charge is -2.30. The number of nitro groups is 1. The summed E-state index contributed by atoms with van der Waals surface area (Å²) in [5.41, 5.74) is 2.75. The van der Waals surface area contributed by atoms with E-state index in [9.17, 15) is 14.9 Å². The molecule has 2 aromatic carbocycles. The fourth-order valence-electron chi connectivity index (χ4n) is 3.53. The van der Waals surface area contributed by atoms with Crippen molar-refractivity contribution in [3.63, 3.8) is 0 Å². The molecule has 2 aliphatic heterocycles. The molecule has 132 valence electrons. The Labute approximate surface area is 150 Å². The summed E-state index contributed by atoms with van der Waals surface area (Å²) in [4.78, 5) is 25.3. The average molecular weight is 350 g/mol. The van der Waals surface area contributed by atoms with E-state index in [0.717, 1.165) is 31.6 Å². The molecule has 0 unspecified atom stereocenters. The lowest BCUT2D eigenvalue weighted by molar-refractivity contribution is -0.384. The van der Waals surface area contributed by atoms with E-state index in [4.69, 9.17) is 4.74 Å². The van der Waals surface area contributed by atoms with E-state index in [0.29, 0.717) is 22.4 Å². The highest BCUT2D eigenvalue weighted by molar-refractivity contribution is 6.26. The van der Waals surface area contributed by atoms with E-state index >= 15 is 0 Å². The van der Waals surface area contributed by atoms with Crippen molar-refractivity contribution in [1.82, 2.24) is 0 Å². The molecule has 0 spiro atoms. The highest BCUT2D eigenvalue weighted by atomic mass is 16.6. The van der Waals surface area contributed by atoms with Gasteiger partial charge < -0.3 is 9.64 Å². The summed E-state index contributed by atoms with van der Waals surface area (Å²) in [6.45, 7) is 1.82. The predicted molar refractivity (Wildman–Crippen MR) is 99.1 cm³/mol. The Bertz CT molecular complexity index is 914. The Morgan fingerprint density at radius 3 is 2.62 bits per heavy atom. The van der Waals surface area contributed by atoms with Crippen LogP contribution in [0.1, 0.15) is 30.4 Å². The van der Waals surface area contributed by atoms with Gasteiger partial charge in [0.05, 0.1) is 10.5 Å². The maximum atomic E-state index is 12.3. The van der Waals surface area contributed by atoms with E-state index in [1.165, 1.54) is 18.6 Å². The van der Waals surface area contributed by atoms with Gasteiger partial charge in [0.15, 0.2) is 0 Å². The molecule has 6 nitrogen and oxygen atoms in total. The van der Waals surface area contributed by atoms with Crippen molar-refractivity contribution in [2.75, 3.05) is 18.0 Å². The van der Waals surface area contributed by atoms with Crippen LogP contribution in [0.5, 0.6) is 5.75 Å². The van der Waals surface area contributed by atoms with Crippen molar-refractivity contribution in [1.29, 1.82) is 0 Å². The third kappa shape index (κ3) is 2.94. The summed E-state index contributed by atoms with van der Waals surface area (Å²) in [7, 11) is 0. The summed E-state index contributed by atoms with van der Waals surface area (Å²) in [5, 5.41) is 11.2. The molecule has 0 aliphatic carbocycles. The lowest BCUT2D eigenvalue weighted by Crippen LogP contribution is -2.29. The van der Waals surface area contributed by atoms with Crippen LogP contribution in [0.3, 0.4) is 0 Å². The molecule has 26 heavy (non-hydrogen) atoms. The summed E-state index contributed by atoms with van der Waals surface area (Å²) >= 11 is 0. The highest BCUT2D eigenvalue weighted by Crippen LogP contribution is 2.37. The second kappa shape index (κ2) is 6.63. The number of nitrogens with zero attached hydrogens (tertiary/aromatic N) is 2. The number of ether oxygens (including phenoxy) is 1. The molecule has 0 radical (unpaired) electrons. The smallest absolute Gasteiger partial charge is 0.344 e. The quantitative estimate of drug-likeness (QED) is 0.275. The number of anilines is 1. The Morgan fingerprint density at radius 1 is 1.08 bits per heavy atom. The molecule has 4 rings (SSSR count). The van der Waals surface area contributed by atoms with Crippen LogP contribution in [0.15, 0.2) is 42.5 Å². The third-order valence-electron chi connectivity index (χ3n) is 4.82. The molecule has 6 heteroatoms. The number of carbonyl (C=O) groups is 1. The van der Waals surface area contributed by atoms with Gasteiger partial charge in [-0.3, -0.25) is 10.1 Å². The number of para-hydroxylation sites is 1. The molecule has 0 saturated carbocycles. The van der Waals surface area contributed by atoms with Crippen molar-refractivity contribution in [2.45, 2.75) is 19.3 Å². The minimum Gasteiger partial charge on any atom is -0.422 e. The molecule has 1 fully saturated rings. The molecular weight excluding hydrogens is 332 g/mol. The fourth-order valence-corrected chi connectivity index (χ4v) is 3.53. The SMILES string of the molecule is O=C1Oc2ccccc2/C1=C\c1cc([N+](=O)[O-])ccc1N1CCCCC1. The van der Waals surface area contributed by atoms with E-state index in [2.05, 4.69) is 4.90 Å². The fraction of sp³-hybridized carbons (Fsp3) is 0.250. The molecule has 2 aliphatic rings. The number of rotatable bonds is 3. The van der Waals surface area contributed by atoms with Gasteiger partial charge in [0, 0.05) is 42.0 Å². The van der Waals surface area contributed by atoms with E-state index in [-0.39, 0.29) is 5.69 Å². The number of non-ortho nitro benzene ring substituents is 1. The van der Waals surface area contributed by atoms with Gasteiger partial charge in [0.25, 0.3) is 5.69 Å². The maximum absolute atomic E-state index is 12.3. The van der Waals surface area contributed by atoms with Gasteiger partial charge in [-0.15, -0.1) is 0 Å². The summed E-state index contributed by atoms with van der Waals surface area (Å²) in [5.74, 6) is 0.0935. The largest absolute Gasteiger partial charge is 0.422 e. The van der Waals surface area contributed by atoms with Crippen LogP contribution in [0.2, 0.25) is 0 Å². The van der Waals surface area contributed by atoms with Crippen molar-refractivity contribution in [3.8, 4) is 5.75 Å². The summed E-state index contributed by atoms with van der Waals surface area (Å²) in [6, 6.07) is 12.0. The van der Waals surface area contributed by atoms with E-state index in [1.807, 2.05) is 18.2 Å². The van der Waals surface area contributed by atoms with Crippen LogP contribution in [-0.2, 0) is 4.79 Å². The zero-order valence-electron chi connectivity index (χ0n) is 14.2. The first-order valence-corrected chi connectivity index (χ1v) is 8.70. The first kappa shape index (κ1) is 16.3. The third-order valence-corrected chi connectivity index (χ3v) is 4.82. The van der Waals surface area contributed by atoms with Crippen LogP contribution in [0.25, 0.3) is 11.6 Å². The number of hydrogen-bond acceptors (Lipinski definition) is 5. The number of piperidine rings is 1. The van der Waals surface area contributed by atoms with E-state index < -0.39 is 10.9 Å². The maximum Gasteiger partial charge on any atom is 0.344 e. The zero-order chi connectivity index (χ0) is 18.1. The predicted octanol–water partition coefficient (Wildman–Crippen LogP) is 4.04. The Hall–Kier alpha value is -3.15. The molecule has 0 aromatic heterocycles. The second-order valence-electron chi connectivity index (χ2n) is 6.49. The van der Waals surface area contributed by atoms with Crippen LogP contribution in [-0.4, -0.2) is 24.0 Å². The minimum atomic E-state index is -0.428. The second-order valence-corrected chi connectivity index (χ2v) is 6.49. The summed E-state index contributed by atoms with van der Waals surface area (Å²) < 4.78 is 5.30. The molecule has 0 N–H and O–H groups in total. The molecule has 1 saturated heterocycles. The van der Waals surface area contributed by atoms with Gasteiger partial charge in [0.1, 0.15) is 5.75 Å². The van der Waals surface area contributed by atoms with Crippen molar-refractivity contribution in [2.24, 2.45) is 0 Å². The number of hydrogen-bond donors (Lipinski definition) is 0. The minimum absolute atomic E-state index is 0.0114. The average Bonchev–Trinajstić information content (AvgIpc) is 2.98. The van der Waals surface area contributed by atoms with Gasteiger partial charge in [-0.1, -0.05) is 18.2 Å². The van der Waals surface area contributed by atoms with E-state index in [1.54, 1.807) is 18.2 Å². The summed E-state index contributed by atoms with van der Waals surface area (Å²) in [6.07, 6.45) is 5.10. The van der Waals surface area contributed by atoms with Gasteiger partial charge in [-0.25, -0.2) is 4.79 Å². The van der Waals surface area contributed by atoms with Crippen LogP contribution >= 0.6 is 0 Å². The number of fused-ring (bicyclic) bond motifs is 1. The standard InChI is InChI=1S/C20H18N2O4/c23-20-17(16-6-2-3-7-19(16)26-20)13-14-12-15(22(24)25)8-9-18(14)21-10-4-1-5-11-21/h2-3,6-9,12-13H,1,4-5,10-11H2/b17-13+. The Morgan fingerprint density at radius 2 is 1.85 bits per heavy atom. The van der Waals surface area contributed by atoms with Gasteiger partial charge in [-0.05, 0) is 37.5 Å². The highest BCUT2D eigenvalue weighted by Gasteiger charge is 2.27. The number of benzene rings is 2. The van der Waals surface area contributed by atoms with Gasteiger partial charge in [0.2, 0.25) is 0 Å². The van der Waals surface area contributed by atoms with Crippen molar-refractivity contribution >= 4 is 29.0 Å². The molecule has 2 aromatic rings. The Balaban J connectivity index is 1.82. The first-order chi connectivity index (χ1) is 12.6. The lowest BCUT2D eigenvalue weighted by atomic mass is 10.0.